The Kier molecular flexibility index (Phi) is 3.87. The fourth-order valence-corrected chi connectivity index (χ4v) is 2.84. The molecule has 0 saturated heterocycles. The lowest BCUT2D eigenvalue weighted by Crippen LogP contribution is -2.19. The normalized spacial score (nSPS) is 20.6. The summed E-state index contributed by atoms with van der Waals surface area (Å²) < 4.78 is 25.5. The first kappa shape index (κ1) is 14.4. The molecule has 3 rings (SSSR count). The summed E-state index contributed by atoms with van der Waals surface area (Å²) in [5.74, 6) is 0.371. The average Bonchev–Trinajstić information content (AvgIpc) is 2.46. The smallest absolute Gasteiger partial charge is 0.165 e. The second kappa shape index (κ2) is 5.66. The Bertz CT molecular complexity index is 675. The molecule has 0 radical (unpaired) electrons. The van der Waals surface area contributed by atoms with Gasteiger partial charge in [-0.15, -0.1) is 0 Å². The number of aliphatic hydroxyl groups excluding tert-OH is 1. The maximum absolute atomic E-state index is 13.8. The summed E-state index contributed by atoms with van der Waals surface area (Å²) in [4.78, 5) is 0. The van der Waals surface area contributed by atoms with Gasteiger partial charge in [-0.25, -0.2) is 4.39 Å². The summed E-state index contributed by atoms with van der Waals surface area (Å²) >= 11 is 3.38. The van der Waals surface area contributed by atoms with Crippen LogP contribution in [0.15, 0.2) is 40.9 Å². The van der Waals surface area contributed by atoms with Crippen molar-refractivity contribution >= 4 is 15.9 Å². The average molecular weight is 353 g/mol. The molecule has 2 atom stereocenters. The molecular formula is C16H14BrFO3. The molecule has 5 heteroatoms. The Morgan fingerprint density at radius 1 is 1.29 bits per heavy atom. The van der Waals surface area contributed by atoms with Crippen LogP contribution in [0.5, 0.6) is 11.5 Å². The van der Waals surface area contributed by atoms with Crippen molar-refractivity contribution in [3.05, 3.63) is 57.8 Å². The lowest BCUT2D eigenvalue weighted by molar-refractivity contribution is 0.0655. The van der Waals surface area contributed by atoms with Crippen molar-refractivity contribution < 1.29 is 19.0 Å². The van der Waals surface area contributed by atoms with E-state index in [9.17, 15) is 9.50 Å². The second-order valence-electron chi connectivity index (χ2n) is 4.93. The highest BCUT2D eigenvalue weighted by Crippen LogP contribution is 2.42. The third-order valence-electron chi connectivity index (χ3n) is 3.59. The van der Waals surface area contributed by atoms with E-state index in [-0.39, 0.29) is 11.9 Å². The minimum Gasteiger partial charge on any atom is -0.494 e. The maximum atomic E-state index is 13.8. The summed E-state index contributed by atoms with van der Waals surface area (Å²) in [5.41, 5.74) is 1.43. The van der Waals surface area contributed by atoms with Crippen LogP contribution in [0, 0.1) is 5.82 Å². The summed E-state index contributed by atoms with van der Waals surface area (Å²) in [6.07, 6.45) is -0.625. The number of rotatable bonds is 2. The molecule has 2 aromatic rings. The Balaban J connectivity index is 1.93. The monoisotopic (exact) mass is 352 g/mol. The van der Waals surface area contributed by atoms with Crippen LogP contribution < -0.4 is 9.47 Å². The molecule has 1 N–H and O–H groups in total. The van der Waals surface area contributed by atoms with Gasteiger partial charge in [-0.05, 0) is 29.8 Å². The van der Waals surface area contributed by atoms with Gasteiger partial charge in [0.05, 0.1) is 13.2 Å². The van der Waals surface area contributed by atoms with E-state index in [4.69, 9.17) is 9.47 Å². The molecule has 0 aliphatic carbocycles. The van der Waals surface area contributed by atoms with E-state index in [1.54, 1.807) is 12.1 Å². The van der Waals surface area contributed by atoms with Crippen molar-refractivity contribution in [2.75, 3.05) is 7.11 Å². The second-order valence-corrected chi connectivity index (χ2v) is 5.85. The zero-order valence-corrected chi connectivity index (χ0v) is 12.9. The van der Waals surface area contributed by atoms with Gasteiger partial charge in [0.2, 0.25) is 0 Å². The van der Waals surface area contributed by atoms with E-state index >= 15 is 0 Å². The van der Waals surface area contributed by atoms with Gasteiger partial charge in [-0.2, -0.15) is 0 Å². The van der Waals surface area contributed by atoms with Crippen molar-refractivity contribution in [1.82, 2.24) is 0 Å². The van der Waals surface area contributed by atoms with Gasteiger partial charge < -0.3 is 14.6 Å². The Morgan fingerprint density at radius 3 is 2.81 bits per heavy atom. The molecule has 21 heavy (non-hydrogen) atoms. The highest BCUT2D eigenvalue weighted by molar-refractivity contribution is 9.10. The van der Waals surface area contributed by atoms with E-state index < -0.39 is 11.9 Å². The van der Waals surface area contributed by atoms with Crippen LogP contribution in [0.3, 0.4) is 0 Å². The molecule has 0 amide bonds. The molecular weight excluding hydrogens is 339 g/mol. The lowest BCUT2D eigenvalue weighted by atomic mass is 9.95. The van der Waals surface area contributed by atoms with Gasteiger partial charge in [0.25, 0.3) is 0 Å². The van der Waals surface area contributed by atoms with Gasteiger partial charge in [0.1, 0.15) is 11.9 Å². The van der Waals surface area contributed by atoms with Gasteiger partial charge >= 0.3 is 0 Å². The molecule has 0 aromatic heterocycles. The largest absolute Gasteiger partial charge is 0.494 e. The standard InChI is InChI=1S/C16H14BrFO3/c1-20-14-5-2-9(6-12(14)18)15-8-13(19)11-4-3-10(17)7-16(11)21-15/h2-7,13,15,19H,8H2,1H3/t13-,15?/m1/s1. The first-order valence-corrected chi connectivity index (χ1v) is 7.35. The predicted molar refractivity (Wildman–Crippen MR) is 80.0 cm³/mol. The Labute approximate surface area is 130 Å². The maximum Gasteiger partial charge on any atom is 0.165 e. The molecule has 2 aromatic carbocycles. The third-order valence-corrected chi connectivity index (χ3v) is 4.08. The number of hydrogen-bond acceptors (Lipinski definition) is 3. The minimum absolute atomic E-state index is 0.193. The van der Waals surface area contributed by atoms with Crippen LogP contribution in [0.4, 0.5) is 4.39 Å². The van der Waals surface area contributed by atoms with Crippen LogP contribution in [-0.4, -0.2) is 12.2 Å². The SMILES string of the molecule is COc1ccc(C2C[C@@H](O)c3ccc(Br)cc3O2)cc1F. The predicted octanol–water partition coefficient (Wildman–Crippen LogP) is 4.15. The first-order chi connectivity index (χ1) is 10.1. The molecule has 1 aliphatic rings. The molecule has 1 heterocycles. The number of ether oxygens (including phenoxy) is 2. The third kappa shape index (κ3) is 2.76. The molecule has 0 saturated carbocycles. The quantitative estimate of drug-likeness (QED) is 0.882. The zero-order valence-electron chi connectivity index (χ0n) is 11.3. The van der Waals surface area contributed by atoms with E-state index in [1.807, 2.05) is 18.2 Å². The zero-order chi connectivity index (χ0) is 15.0. The van der Waals surface area contributed by atoms with Crippen LogP contribution in [0.1, 0.15) is 29.8 Å². The van der Waals surface area contributed by atoms with Crippen molar-refractivity contribution in [2.45, 2.75) is 18.6 Å². The molecule has 0 fully saturated rings. The van der Waals surface area contributed by atoms with Gasteiger partial charge in [-0.1, -0.05) is 28.1 Å². The number of halogens is 2. The fourth-order valence-electron chi connectivity index (χ4n) is 2.50. The number of benzene rings is 2. The highest BCUT2D eigenvalue weighted by atomic mass is 79.9. The van der Waals surface area contributed by atoms with E-state index in [0.29, 0.717) is 17.7 Å². The Morgan fingerprint density at radius 2 is 2.10 bits per heavy atom. The summed E-state index contributed by atoms with van der Waals surface area (Å²) in [6, 6.07) is 10.2. The molecule has 3 nitrogen and oxygen atoms in total. The van der Waals surface area contributed by atoms with E-state index in [0.717, 1.165) is 10.0 Å². The summed E-state index contributed by atoms with van der Waals surface area (Å²) in [7, 11) is 1.42. The number of hydrogen-bond donors (Lipinski definition) is 1. The molecule has 0 spiro atoms. The summed E-state index contributed by atoms with van der Waals surface area (Å²) in [5, 5.41) is 10.2. The van der Waals surface area contributed by atoms with Crippen LogP contribution >= 0.6 is 15.9 Å². The van der Waals surface area contributed by atoms with Crippen molar-refractivity contribution in [3.8, 4) is 11.5 Å². The number of methoxy groups -OCH3 is 1. The topological polar surface area (TPSA) is 38.7 Å². The van der Waals surface area contributed by atoms with E-state index in [2.05, 4.69) is 15.9 Å². The first-order valence-electron chi connectivity index (χ1n) is 6.56. The van der Waals surface area contributed by atoms with E-state index in [1.165, 1.54) is 13.2 Å². The lowest BCUT2D eigenvalue weighted by Gasteiger charge is -2.30. The number of fused-ring (bicyclic) bond motifs is 1. The minimum atomic E-state index is -0.628. The van der Waals surface area contributed by atoms with Crippen molar-refractivity contribution in [2.24, 2.45) is 0 Å². The van der Waals surface area contributed by atoms with Gasteiger partial charge in [-0.3, -0.25) is 0 Å². The van der Waals surface area contributed by atoms with Gasteiger partial charge in [0.15, 0.2) is 11.6 Å². The summed E-state index contributed by atoms with van der Waals surface area (Å²) in [6.45, 7) is 0. The van der Waals surface area contributed by atoms with Crippen LogP contribution in [0.2, 0.25) is 0 Å². The van der Waals surface area contributed by atoms with Gasteiger partial charge in [0, 0.05) is 16.5 Å². The molecule has 110 valence electrons. The van der Waals surface area contributed by atoms with Crippen molar-refractivity contribution in [1.29, 1.82) is 0 Å². The Hall–Kier alpha value is -1.59. The molecule has 1 aliphatic heterocycles. The fraction of sp³-hybridized carbons (Fsp3) is 0.250. The van der Waals surface area contributed by atoms with Crippen LogP contribution in [-0.2, 0) is 0 Å². The highest BCUT2D eigenvalue weighted by Gasteiger charge is 2.28. The molecule has 1 unspecified atom stereocenters. The number of aliphatic hydroxyl groups is 1. The van der Waals surface area contributed by atoms with Crippen LogP contribution in [0.25, 0.3) is 0 Å². The van der Waals surface area contributed by atoms with Crippen molar-refractivity contribution in [3.63, 3.8) is 0 Å². The molecule has 0 bridgehead atoms.